The fourth-order valence-corrected chi connectivity index (χ4v) is 5.10. The van der Waals surface area contributed by atoms with Crippen LogP contribution in [0.3, 0.4) is 0 Å². The van der Waals surface area contributed by atoms with Crippen LogP contribution in [0.2, 0.25) is 0 Å². The molecule has 0 amide bonds. The van der Waals surface area contributed by atoms with Gasteiger partial charge < -0.3 is 9.47 Å². The lowest BCUT2D eigenvalue weighted by molar-refractivity contribution is -0.457. The van der Waals surface area contributed by atoms with Gasteiger partial charge in [-0.05, 0) is 36.2 Å². The maximum atomic E-state index is 15.2. The smallest absolute Gasteiger partial charge is 0.460 e. The van der Waals surface area contributed by atoms with E-state index in [0.717, 1.165) is 50.9 Å². The largest absolute Gasteiger partial charge is 0.494 e. The van der Waals surface area contributed by atoms with E-state index in [1.165, 1.54) is 0 Å². The lowest BCUT2D eigenvalue weighted by atomic mass is 9.88. The van der Waals surface area contributed by atoms with Gasteiger partial charge in [0.15, 0.2) is 11.5 Å². The summed E-state index contributed by atoms with van der Waals surface area (Å²) in [6.07, 6.45) is -4.14. The number of halogens is 17. The first-order valence-electron chi connectivity index (χ1n) is 15.7. The van der Waals surface area contributed by atoms with Crippen LogP contribution in [0.25, 0.3) is 22.6 Å². The number of pyridine rings is 1. The molecule has 0 saturated heterocycles. The number of nitrogens with zero attached hydrogens (tertiary/aromatic N) is 3. The number of hydrogen-bond acceptors (Lipinski definition) is 5. The predicted molar refractivity (Wildman–Crippen MR) is 154 cm³/mol. The number of ether oxygens (including phenoxy) is 2. The van der Waals surface area contributed by atoms with Crippen LogP contribution in [0.5, 0.6) is 11.5 Å². The molecule has 1 atom stereocenters. The maximum absolute atomic E-state index is 15.2. The molecular formula is C32H26F17N3O2. The molecular weight excluding hydrogens is 781 g/mol. The molecule has 0 radical (unpaired) electrons. The number of aromatic nitrogens is 3. The molecule has 300 valence electrons. The summed E-state index contributed by atoms with van der Waals surface area (Å²) < 4.78 is 245. The lowest BCUT2D eigenvalue weighted by Gasteiger charge is -2.42. The Morgan fingerprint density at radius 2 is 1.15 bits per heavy atom. The summed E-state index contributed by atoms with van der Waals surface area (Å²) in [5, 5.41) is 0. The van der Waals surface area contributed by atoms with Crippen molar-refractivity contribution < 1.29 is 84.1 Å². The zero-order valence-corrected chi connectivity index (χ0v) is 27.2. The summed E-state index contributed by atoms with van der Waals surface area (Å²) in [6.45, 7) is 2.59. The van der Waals surface area contributed by atoms with Gasteiger partial charge in [0.25, 0.3) is 0 Å². The van der Waals surface area contributed by atoms with E-state index in [4.69, 9.17) is 4.74 Å². The zero-order chi connectivity index (χ0) is 40.8. The van der Waals surface area contributed by atoms with E-state index in [1.807, 2.05) is 0 Å². The first-order chi connectivity index (χ1) is 24.7. The second-order valence-corrected chi connectivity index (χ2v) is 12.1. The molecule has 0 bridgehead atoms. The monoisotopic (exact) mass is 807 g/mol. The molecule has 5 nitrogen and oxygen atoms in total. The Morgan fingerprint density at radius 3 is 1.70 bits per heavy atom. The van der Waals surface area contributed by atoms with Crippen molar-refractivity contribution >= 4 is 0 Å². The average molecular weight is 808 g/mol. The van der Waals surface area contributed by atoms with Gasteiger partial charge in [-0.2, -0.15) is 74.6 Å². The quantitative estimate of drug-likeness (QED) is 0.107. The standard InChI is InChI=1S/C32H26F17N3O2/c1-2-3-4-5-6-7-14-53-19-10-8-17(9-11-19)18-15-50-23(51-16-18)20-12-13-21-22(52-20)25(33,34)24(54-21)26(35,36)27(37,38)28(39,40)29(41,42)30(43,44)31(45,46)32(47,48)49/h8-13,15-16,24H,2-7,14H2,1H3. The summed E-state index contributed by atoms with van der Waals surface area (Å²) in [5.41, 5.74) is -1.85. The van der Waals surface area contributed by atoms with E-state index >= 15 is 8.78 Å². The average Bonchev–Trinajstić information content (AvgIpc) is 3.37. The first-order valence-corrected chi connectivity index (χ1v) is 15.7. The minimum atomic E-state index is -8.65. The highest BCUT2D eigenvalue weighted by molar-refractivity contribution is 5.64. The van der Waals surface area contributed by atoms with E-state index in [9.17, 15) is 65.9 Å². The number of hydrogen-bond donors (Lipinski definition) is 0. The Labute approximate surface area is 293 Å². The van der Waals surface area contributed by atoms with Crippen LogP contribution in [0, 0.1) is 0 Å². The van der Waals surface area contributed by atoms with Gasteiger partial charge in [-0.1, -0.05) is 51.2 Å². The number of rotatable bonds is 16. The van der Waals surface area contributed by atoms with E-state index < -0.39 is 76.7 Å². The molecule has 4 rings (SSSR count). The Morgan fingerprint density at radius 1 is 0.630 bits per heavy atom. The second kappa shape index (κ2) is 14.5. The molecule has 54 heavy (non-hydrogen) atoms. The molecule has 1 aromatic carbocycles. The van der Waals surface area contributed by atoms with Crippen molar-refractivity contribution in [1.82, 2.24) is 15.0 Å². The van der Waals surface area contributed by atoms with Gasteiger partial charge in [0.05, 0.1) is 6.61 Å². The molecule has 1 aliphatic rings. The highest BCUT2D eigenvalue weighted by Gasteiger charge is 2.94. The van der Waals surface area contributed by atoms with Gasteiger partial charge in [-0.25, -0.2) is 15.0 Å². The van der Waals surface area contributed by atoms with Crippen molar-refractivity contribution in [2.45, 2.75) is 99.2 Å². The third-order valence-electron chi connectivity index (χ3n) is 8.26. The van der Waals surface area contributed by atoms with Crippen molar-refractivity contribution in [3.63, 3.8) is 0 Å². The first kappa shape index (κ1) is 42.6. The molecule has 0 N–H and O–H groups in total. The Kier molecular flexibility index (Phi) is 11.4. The molecule has 3 aromatic rings. The summed E-state index contributed by atoms with van der Waals surface area (Å²) in [4.78, 5) is 11.0. The third-order valence-corrected chi connectivity index (χ3v) is 8.26. The number of benzene rings is 1. The zero-order valence-electron chi connectivity index (χ0n) is 27.2. The van der Waals surface area contributed by atoms with Gasteiger partial charge in [0, 0.05) is 18.0 Å². The summed E-state index contributed by atoms with van der Waals surface area (Å²) in [5.74, 6) is -56.8. The van der Waals surface area contributed by atoms with Crippen LogP contribution >= 0.6 is 0 Å². The normalized spacial score (nSPS) is 17.0. The third kappa shape index (κ3) is 7.08. The van der Waals surface area contributed by atoms with E-state index in [2.05, 4.69) is 26.6 Å². The van der Waals surface area contributed by atoms with Crippen molar-refractivity contribution in [1.29, 1.82) is 0 Å². The van der Waals surface area contributed by atoms with Crippen molar-refractivity contribution in [3.05, 3.63) is 54.5 Å². The Bertz CT molecular complexity index is 1750. The highest BCUT2D eigenvalue weighted by atomic mass is 19.4. The Balaban J connectivity index is 1.53. The molecule has 0 saturated carbocycles. The van der Waals surface area contributed by atoms with Gasteiger partial charge in [-0.15, -0.1) is 0 Å². The maximum Gasteiger partial charge on any atom is 0.460 e. The highest BCUT2D eigenvalue weighted by Crippen LogP contribution is 2.64. The predicted octanol–water partition coefficient (Wildman–Crippen LogP) is 11.2. The minimum Gasteiger partial charge on any atom is -0.494 e. The van der Waals surface area contributed by atoms with Crippen LogP contribution in [-0.4, -0.2) is 69.4 Å². The van der Waals surface area contributed by atoms with E-state index in [0.29, 0.717) is 35.6 Å². The molecule has 2 aromatic heterocycles. The summed E-state index contributed by atoms with van der Waals surface area (Å²) in [7, 11) is 0. The van der Waals surface area contributed by atoms with E-state index in [1.54, 1.807) is 24.3 Å². The van der Waals surface area contributed by atoms with Crippen LogP contribution in [0.1, 0.15) is 51.1 Å². The molecule has 0 fully saturated rings. The fourth-order valence-electron chi connectivity index (χ4n) is 5.10. The molecule has 0 spiro atoms. The molecule has 1 unspecified atom stereocenters. The van der Waals surface area contributed by atoms with Crippen molar-refractivity contribution in [2.24, 2.45) is 0 Å². The van der Waals surface area contributed by atoms with E-state index in [-0.39, 0.29) is 0 Å². The lowest BCUT2D eigenvalue weighted by Crippen LogP contribution is -2.74. The summed E-state index contributed by atoms with van der Waals surface area (Å²) >= 11 is 0. The number of fused-ring (bicyclic) bond motifs is 1. The number of alkyl halides is 17. The topological polar surface area (TPSA) is 57.1 Å². The van der Waals surface area contributed by atoms with Gasteiger partial charge in [-0.3, -0.25) is 0 Å². The van der Waals surface area contributed by atoms with Gasteiger partial charge in [0.1, 0.15) is 17.2 Å². The molecule has 22 heteroatoms. The SMILES string of the molecule is CCCCCCCCOc1ccc(-c2cnc(-c3ccc4c(n3)C(F)(F)C(C(F)(F)C(F)(F)C(F)(F)C(F)(F)C(F)(F)C(F)(F)C(F)(F)F)O4)nc2)cc1. The molecule has 0 aliphatic carbocycles. The van der Waals surface area contributed by atoms with Gasteiger partial charge >= 0.3 is 47.6 Å². The summed E-state index contributed by atoms with van der Waals surface area (Å²) in [6, 6.07) is 7.55. The van der Waals surface area contributed by atoms with Crippen molar-refractivity contribution in [2.75, 3.05) is 6.61 Å². The van der Waals surface area contributed by atoms with Crippen LogP contribution in [-0.2, 0) is 5.92 Å². The molecule has 1 aliphatic heterocycles. The van der Waals surface area contributed by atoms with Crippen molar-refractivity contribution in [3.8, 4) is 34.1 Å². The van der Waals surface area contributed by atoms with Crippen LogP contribution < -0.4 is 9.47 Å². The van der Waals surface area contributed by atoms with Gasteiger partial charge in [0.2, 0.25) is 6.10 Å². The van der Waals surface area contributed by atoms with Crippen LogP contribution in [0.4, 0.5) is 74.6 Å². The second-order valence-electron chi connectivity index (χ2n) is 12.1. The minimum absolute atomic E-state index is 0.339. The fraction of sp³-hybridized carbons (Fsp3) is 0.531. The van der Waals surface area contributed by atoms with Crippen LogP contribution in [0.15, 0.2) is 48.8 Å². The molecule has 3 heterocycles. The Hall–Kier alpha value is -4.14. The number of unbranched alkanes of at least 4 members (excludes halogenated alkanes) is 5.